The van der Waals surface area contributed by atoms with Crippen molar-refractivity contribution in [3.8, 4) is 0 Å². The van der Waals surface area contributed by atoms with E-state index in [-0.39, 0.29) is 22.0 Å². The second kappa shape index (κ2) is 5.91. The van der Waals surface area contributed by atoms with Crippen LogP contribution in [-0.4, -0.2) is 19.8 Å². The Labute approximate surface area is 122 Å². The molecule has 0 amide bonds. The average Bonchev–Trinajstić information content (AvgIpc) is 2.43. The van der Waals surface area contributed by atoms with Crippen LogP contribution < -0.4 is 0 Å². The second-order valence-electron chi connectivity index (χ2n) is 4.27. The first-order valence-corrected chi connectivity index (χ1v) is 7.69. The predicted molar refractivity (Wildman–Crippen MR) is 76.5 cm³/mol. The quantitative estimate of drug-likeness (QED) is 0.868. The summed E-state index contributed by atoms with van der Waals surface area (Å²) in [4.78, 5) is 0.162. The third-order valence-electron chi connectivity index (χ3n) is 2.89. The van der Waals surface area contributed by atoms with Crippen molar-refractivity contribution >= 4 is 21.6 Å². The van der Waals surface area contributed by atoms with Gasteiger partial charge in [0.1, 0.15) is 5.82 Å². The van der Waals surface area contributed by atoms with Crippen molar-refractivity contribution in [2.45, 2.75) is 11.4 Å². The van der Waals surface area contributed by atoms with Gasteiger partial charge in [-0.1, -0.05) is 35.9 Å². The van der Waals surface area contributed by atoms with Crippen LogP contribution in [0.25, 0.3) is 0 Å². The summed E-state index contributed by atoms with van der Waals surface area (Å²) in [5, 5.41) is 0.208. The lowest BCUT2D eigenvalue weighted by molar-refractivity contribution is 0.456. The topological polar surface area (TPSA) is 37.4 Å². The molecule has 0 unspecified atom stereocenters. The van der Waals surface area contributed by atoms with Gasteiger partial charge in [-0.2, -0.15) is 4.31 Å². The highest BCUT2D eigenvalue weighted by molar-refractivity contribution is 7.89. The monoisotopic (exact) mass is 313 g/mol. The van der Waals surface area contributed by atoms with E-state index in [9.17, 15) is 12.8 Å². The summed E-state index contributed by atoms with van der Waals surface area (Å²) < 4.78 is 39.4. The van der Waals surface area contributed by atoms with Gasteiger partial charge in [-0.3, -0.25) is 0 Å². The highest BCUT2D eigenvalue weighted by Gasteiger charge is 2.22. The van der Waals surface area contributed by atoms with Crippen LogP contribution in [0.2, 0.25) is 5.02 Å². The number of hydrogen-bond acceptors (Lipinski definition) is 2. The zero-order valence-electron chi connectivity index (χ0n) is 10.8. The van der Waals surface area contributed by atoms with Crippen LogP contribution in [0.3, 0.4) is 0 Å². The third kappa shape index (κ3) is 3.00. The zero-order valence-corrected chi connectivity index (χ0v) is 12.3. The molecular weight excluding hydrogens is 301 g/mol. The first kappa shape index (κ1) is 15.0. The van der Waals surface area contributed by atoms with E-state index in [0.29, 0.717) is 0 Å². The molecule has 0 aromatic heterocycles. The normalized spacial score (nSPS) is 11.8. The van der Waals surface area contributed by atoms with Gasteiger partial charge in [-0.05, 0) is 24.3 Å². The summed E-state index contributed by atoms with van der Waals surface area (Å²) in [6, 6.07) is 12.3. The Bertz CT molecular complexity index is 684. The van der Waals surface area contributed by atoms with Crippen molar-refractivity contribution in [1.29, 1.82) is 0 Å². The lowest BCUT2D eigenvalue weighted by Crippen LogP contribution is -2.27. The smallest absolute Gasteiger partial charge is 0.207 e. The number of nitrogens with zero attached hydrogens (tertiary/aromatic N) is 1. The minimum Gasteiger partial charge on any atom is -0.207 e. The molecule has 0 aliphatic carbocycles. The lowest BCUT2D eigenvalue weighted by Gasteiger charge is -2.18. The first-order valence-electron chi connectivity index (χ1n) is 5.87. The molecule has 0 fully saturated rings. The Morgan fingerprint density at radius 2 is 1.75 bits per heavy atom. The maximum atomic E-state index is 13.7. The lowest BCUT2D eigenvalue weighted by atomic mass is 10.2. The van der Waals surface area contributed by atoms with Gasteiger partial charge in [0, 0.05) is 24.2 Å². The Morgan fingerprint density at radius 1 is 1.10 bits per heavy atom. The fraction of sp³-hybridized carbons (Fsp3) is 0.143. The molecule has 20 heavy (non-hydrogen) atoms. The SMILES string of the molecule is CN(Cc1c(F)cccc1Cl)S(=O)(=O)c1ccccc1. The van der Waals surface area contributed by atoms with Crippen molar-refractivity contribution < 1.29 is 12.8 Å². The molecule has 0 aliphatic heterocycles. The molecule has 0 radical (unpaired) electrons. The standard InChI is InChI=1S/C14H13ClFNO2S/c1-17(10-12-13(15)8-5-9-14(12)16)20(18,19)11-6-3-2-4-7-11/h2-9H,10H2,1H3. The highest BCUT2D eigenvalue weighted by atomic mass is 35.5. The van der Waals surface area contributed by atoms with Gasteiger partial charge in [0.15, 0.2) is 0 Å². The van der Waals surface area contributed by atoms with Crippen molar-refractivity contribution in [3.63, 3.8) is 0 Å². The molecule has 2 aromatic rings. The van der Waals surface area contributed by atoms with Crippen LogP contribution in [0.4, 0.5) is 4.39 Å². The third-order valence-corrected chi connectivity index (χ3v) is 5.07. The van der Waals surface area contributed by atoms with Crippen LogP contribution in [-0.2, 0) is 16.6 Å². The Hall–Kier alpha value is -1.43. The second-order valence-corrected chi connectivity index (χ2v) is 6.73. The van der Waals surface area contributed by atoms with Crippen LogP contribution in [0, 0.1) is 5.82 Å². The van der Waals surface area contributed by atoms with Crippen LogP contribution >= 0.6 is 11.6 Å². The van der Waals surface area contributed by atoms with Crippen LogP contribution in [0.1, 0.15) is 5.56 Å². The Morgan fingerprint density at radius 3 is 2.35 bits per heavy atom. The van der Waals surface area contributed by atoms with E-state index in [2.05, 4.69) is 0 Å². The summed E-state index contributed by atoms with van der Waals surface area (Å²) in [5.41, 5.74) is 0.163. The number of hydrogen-bond donors (Lipinski definition) is 0. The fourth-order valence-electron chi connectivity index (χ4n) is 1.76. The van der Waals surface area contributed by atoms with Crippen LogP contribution in [0.5, 0.6) is 0 Å². The molecule has 0 spiro atoms. The van der Waals surface area contributed by atoms with Gasteiger partial charge in [0.2, 0.25) is 10.0 Å². The summed E-state index contributed by atoms with van der Waals surface area (Å²) in [6.45, 7) is -0.122. The molecular formula is C14H13ClFNO2S. The van der Waals surface area contributed by atoms with E-state index in [4.69, 9.17) is 11.6 Å². The van der Waals surface area contributed by atoms with Crippen molar-refractivity contribution in [3.05, 3.63) is 64.9 Å². The molecule has 0 N–H and O–H groups in total. The molecule has 0 saturated carbocycles. The molecule has 0 atom stereocenters. The van der Waals surface area contributed by atoms with E-state index < -0.39 is 15.8 Å². The van der Waals surface area contributed by atoms with E-state index in [1.54, 1.807) is 18.2 Å². The highest BCUT2D eigenvalue weighted by Crippen LogP contribution is 2.23. The number of benzene rings is 2. The molecule has 2 rings (SSSR count). The Balaban J connectivity index is 2.31. The van der Waals surface area contributed by atoms with Gasteiger partial charge in [-0.15, -0.1) is 0 Å². The minimum absolute atomic E-state index is 0.122. The van der Waals surface area contributed by atoms with E-state index in [1.807, 2.05) is 0 Å². The summed E-state index contributed by atoms with van der Waals surface area (Å²) >= 11 is 5.91. The first-order chi connectivity index (χ1) is 9.43. The number of sulfonamides is 1. The summed E-state index contributed by atoms with van der Waals surface area (Å²) in [7, 11) is -2.27. The van der Waals surface area contributed by atoms with Gasteiger partial charge >= 0.3 is 0 Å². The molecule has 3 nitrogen and oxygen atoms in total. The maximum Gasteiger partial charge on any atom is 0.243 e. The van der Waals surface area contributed by atoms with Crippen LogP contribution in [0.15, 0.2) is 53.4 Å². The van der Waals surface area contributed by atoms with Gasteiger partial charge in [0.25, 0.3) is 0 Å². The van der Waals surface area contributed by atoms with E-state index >= 15 is 0 Å². The Kier molecular flexibility index (Phi) is 4.42. The molecule has 2 aromatic carbocycles. The summed E-state index contributed by atoms with van der Waals surface area (Å²) in [6.07, 6.45) is 0. The largest absolute Gasteiger partial charge is 0.243 e. The zero-order chi connectivity index (χ0) is 14.8. The van der Waals surface area contributed by atoms with Gasteiger partial charge in [-0.25, -0.2) is 12.8 Å². The number of rotatable bonds is 4. The molecule has 0 saturated heterocycles. The molecule has 0 aliphatic rings. The maximum absolute atomic E-state index is 13.7. The molecule has 106 valence electrons. The van der Waals surface area contributed by atoms with Gasteiger partial charge < -0.3 is 0 Å². The van der Waals surface area contributed by atoms with Crippen molar-refractivity contribution in [2.24, 2.45) is 0 Å². The number of halogens is 2. The van der Waals surface area contributed by atoms with E-state index in [0.717, 1.165) is 4.31 Å². The molecule has 0 bridgehead atoms. The minimum atomic E-state index is -3.66. The predicted octanol–water partition coefficient (Wildman–Crippen LogP) is 3.30. The molecule has 0 heterocycles. The summed E-state index contributed by atoms with van der Waals surface area (Å²) in [5.74, 6) is -0.521. The van der Waals surface area contributed by atoms with Crippen molar-refractivity contribution in [2.75, 3.05) is 7.05 Å². The van der Waals surface area contributed by atoms with Crippen molar-refractivity contribution in [1.82, 2.24) is 4.31 Å². The average molecular weight is 314 g/mol. The fourth-order valence-corrected chi connectivity index (χ4v) is 3.15. The van der Waals surface area contributed by atoms with E-state index in [1.165, 1.54) is 37.4 Å². The van der Waals surface area contributed by atoms with Gasteiger partial charge in [0.05, 0.1) is 4.90 Å². The molecule has 6 heteroatoms.